The van der Waals surface area contributed by atoms with Crippen LogP contribution in [0.25, 0.3) is 33.1 Å². The van der Waals surface area contributed by atoms with Crippen molar-refractivity contribution >= 4 is 27.7 Å². The second-order valence-electron chi connectivity index (χ2n) is 8.38. The Morgan fingerprint density at radius 1 is 0.829 bits per heavy atom. The van der Waals surface area contributed by atoms with Crippen molar-refractivity contribution in [2.45, 2.75) is 6.54 Å². The molecular weight excluding hydrogens is 436 g/mol. The Bertz CT molecular complexity index is 1670. The first kappa shape index (κ1) is 20.8. The fourth-order valence-corrected chi connectivity index (χ4v) is 4.64. The lowest BCUT2D eigenvalue weighted by molar-refractivity contribution is 0.100. The highest BCUT2D eigenvalue weighted by atomic mass is 16.5. The lowest BCUT2D eigenvalue weighted by Gasteiger charge is -2.14. The number of fused-ring (bicyclic) bond motifs is 3. The average Bonchev–Trinajstić information content (AvgIpc) is 3.53. The summed E-state index contributed by atoms with van der Waals surface area (Å²) in [7, 11) is 0. The van der Waals surface area contributed by atoms with E-state index in [-0.39, 0.29) is 0 Å². The molecule has 5 heteroatoms. The van der Waals surface area contributed by atoms with Gasteiger partial charge in [0.05, 0.1) is 23.8 Å². The summed E-state index contributed by atoms with van der Waals surface area (Å²) in [5, 5.41) is 1.81. The normalized spacial score (nSPS) is 11.2. The fraction of sp³-hybridized carbons (Fsp3) is 0.0333. The average molecular weight is 459 g/mol. The number of amides is 1. The SMILES string of the molecule is NC(=O)c1cccc2c1c1ccc(-c3ccco3)cc1n2Cc1ccccc1Oc1ccccc1. The molecule has 2 N–H and O–H groups in total. The molecule has 35 heavy (non-hydrogen) atoms. The van der Waals surface area contributed by atoms with E-state index in [2.05, 4.69) is 16.7 Å². The van der Waals surface area contributed by atoms with Gasteiger partial charge in [-0.3, -0.25) is 4.79 Å². The molecule has 0 atom stereocenters. The van der Waals surface area contributed by atoms with E-state index in [4.69, 9.17) is 14.9 Å². The number of benzene rings is 4. The Kier molecular flexibility index (Phi) is 5.08. The number of carbonyl (C=O) groups excluding carboxylic acids is 1. The first-order valence-corrected chi connectivity index (χ1v) is 11.4. The maximum atomic E-state index is 12.3. The lowest BCUT2D eigenvalue weighted by Crippen LogP contribution is -2.11. The smallest absolute Gasteiger partial charge is 0.249 e. The molecule has 5 nitrogen and oxygen atoms in total. The zero-order valence-corrected chi connectivity index (χ0v) is 18.8. The maximum absolute atomic E-state index is 12.3. The molecular formula is C30H22N2O3. The van der Waals surface area contributed by atoms with E-state index in [9.17, 15) is 4.79 Å². The second kappa shape index (κ2) is 8.54. The molecule has 2 heterocycles. The van der Waals surface area contributed by atoms with Gasteiger partial charge in [0.25, 0.3) is 0 Å². The molecule has 0 saturated heterocycles. The van der Waals surface area contributed by atoms with Crippen molar-refractivity contribution in [1.29, 1.82) is 0 Å². The van der Waals surface area contributed by atoms with Crippen LogP contribution in [0.3, 0.4) is 0 Å². The highest BCUT2D eigenvalue weighted by Gasteiger charge is 2.18. The number of carbonyl (C=O) groups is 1. The third-order valence-electron chi connectivity index (χ3n) is 6.23. The lowest BCUT2D eigenvalue weighted by atomic mass is 10.0. The highest BCUT2D eigenvalue weighted by molar-refractivity contribution is 6.18. The van der Waals surface area contributed by atoms with Crippen LogP contribution in [-0.4, -0.2) is 10.5 Å². The quantitative estimate of drug-likeness (QED) is 0.292. The fourth-order valence-electron chi connectivity index (χ4n) is 4.64. The molecule has 0 unspecified atom stereocenters. The van der Waals surface area contributed by atoms with Gasteiger partial charge in [-0.25, -0.2) is 0 Å². The number of nitrogens with zero attached hydrogens (tertiary/aromatic N) is 1. The monoisotopic (exact) mass is 458 g/mol. The molecule has 0 saturated carbocycles. The topological polar surface area (TPSA) is 70.4 Å². The van der Waals surface area contributed by atoms with Crippen LogP contribution in [0.5, 0.6) is 11.5 Å². The van der Waals surface area contributed by atoms with Crippen LogP contribution in [0.1, 0.15) is 15.9 Å². The first-order chi connectivity index (χ1) is 17.2. The van der Waals surface area contributed by atoms with Gasteiger partial charge in [0.15, 0.2) is 0 Å². The molecule has 6 rings (SSSR count). The third kappa shape index (κ3) is 3.73. The van der Waals surface area contributed by atoms with Crippen molar-refractivity contribution in [3.63, 3.8) is 0 Å². The predicted molar refractivity (Wildman–Crippen MR) is 138 cm³/mol. The summed E-state index contributed by atoms with van der Waals surface area (Å²) in [6, 6.07) is 33.4. The molecule has 0 bridgehead atoms. The van der Waals surface area contributed by atoms with E-state index in [1.165, 1.54) is 0 Å². The molecule has 0 fully saturated rings. The summed E-state index contributed by atoms with van der Waals surface area (Å²) in [4.78, 5) is 12.3. The molecule has 1 amide bonds. The van der Waals surface area contributed by atoms with Gasteiger partial charge in [0.1, 0.15) is 17.3 Å². The van der Waals surface area contributed by atoms with E-state index in [1.807, 2.05) is 84.9 Å². The number of hydrogen-bond acceptors (Lipinski definition) is 3. The molecule has 6 aromatic rings. The number of primary amides is 1. The van der Waals surface area contributed by atoms with Crippen LogP contribution in [0.15, 0.2) is 114 Å². The number of furan rings is 1. The van der Waals surface area contributed by atoms with E-state index in [1.54, 1.807) is 12.3 Å². The van der Waals surface area contributed by atoms with Gasteiger partial charge in [-0.1, -0.05) is 54.6 Å². The maximum Gasteiger partial charge on any atom is 0.249 e. The zero-order chi connectivity index (χ0) is 23.8. The number of rotatable bonds is 6. The third-order valence-corrected chi connectivity index (χ3v) is 6.23. The molecule has 2 aromatic heterocycles. The van der Waals surface area contributed by atoms with Crippen molar-refractivity contribution < 1.29 is 13.9 Å². The summed E-state index contributed by atoms with van der Waals surface area (Å²) in [6.07, 6.45) is 1.66. The van der Waals surface area contributed by atoms with Crippen LogP contribution < -0.4 is 10.5 Å². The number of nitrogens with two attached hydrogens (primary N) is 1. The summed E-state index contributed by atoms with van der Waals surface area (Å²) >= 11 is 0. The Hall–Kier alpha value is -4.77. The summed E-state index contributed by atoms with van der Waals surface area (Å²) in [6.45, 7) is 0.548. The molecule has 170 valence electrons. The van der Waals surface area contributed by atoms with Crippen LogP contribution in [0, 0.1) is 0 Å². The molecule has 0 aliphatic rings. The molecule has 0 aliphatic heterocycles. The Morgan fingerprint density at radius 2 is 1.66 bits per heavy atom. The van der Waals surface area contributed by atoms with Crippen LogP contribution in [0.4, 0.5) is 0 Å². The van der Waals surface area contributed by atoms with Crippen molar-refractivity contribution in [2.24, 2.45) is 5.73 Å². The molecule has 0 radical (unpaired) electrons. The van der Waals surface area contributed by atoms with E-state index in [0.29, 0.717) is 12.1 Å². The number of ether oxygens (including phenoxy) is 1. The second-order valence-corrected chi connectivity index (χ2v) is 8.38. The summed E-state index contributed by atoms with van der Waals surface area (Å²) < 4.78 is 14.1. The highest BCUT2D eigenvalue weighted by Crippen LogP contribution is 2.36. The van der Waals surface area contributed by atoms with Gasteiger partial charge in [0.2, 0.25) is 5.91 Å². The van der Waals surface area contributed by atoms with E-state index in [0.717, 1.165) is 50.2 Å². The van der Waals surface area contributed by atoms with Gasteiger partial charge < -0.3 is 19.5 Å². The zero-order valence-electron chi connectivity index (χ0n) is 18.8. The molecule has 4 aromatic carbocycles. The minimum atomic E-state index is -0.447. The predicted octanol–water partition coefficient (Wildman–Crippen LogP) is 6.99. The number of para-hydroxylation sites is 2. The minimum Gasteiger partial charge on any atom is -0.464 e. The van der Waals surface area contributed by atoms with Crippen LogP contribution >= 0.6 is 0 Å². The Labute approximate surface area is 202 Å². The number of hydrogen-bond donors (Lipinski definition) is 1. The van der Waals surface area contributed by atoms with Crippen LogP contribution in [-0.2, 0) is 6.54 Å². The van der Waals surface area contributed by atoms with Crippen molar-refractivity contribution in [2.75, 3.05) is 0 Å². The van der Waals surface area contributed by atoms with E-state index >= 15 is 0 Å². The molecule has 0 aliphatic carbocycles. The van der Waals surface area contributed by atoms with Crippen molar-refractivity contribution in [3.8, 4) is 22.8 Å². The van der Waals surface area contributed by atoms with Gasteiger partial charge in [-0.15, -0.1) is 0 Å². The Balaban J connectivity index is 1.55. The van der Waals surface area contributed by atoms with Crippen LogP contribution in [0.2, 0.25) is 0 Å². The summed E-state index contributed by atoms with van der Waals surface area (Å²) in [5.74, 6) is 1.89. The standard InChI is InChI=1S/C30H22N2O3/c31-30(33)24-11-6-12-25-29(24)23-16-15-20(27-14-7-17-34-27)18-26(23)32(25)19-21-8-4-5-13-28(21)35-22-9-2-1-3-10-22/h1-18H,19H2,(H2,31,33). The largest absolute Gasteiger partial charge is 0.464 e. The van der Waals surface area contributed by atoms with Gasteiger partial charge >= 0.3 is 0 Å². The molecule has 0 spiro atoms. The van der Waals surface area contributed by atoms with Gasteiger partial charge in [0, 0.05) is 27.5 Å². The Morgan fingerprint density at radius 3 is 2.46 bits per heavy atom. The first-order valence-electron chi connectivity index (χ1n) is 11.4. The van der Waals surface area contributed by atoms with Gasteiger partial charge in [-0.2, -0.15) is 0 Å². The summed E-state index contributed by atoms with van der Waals surface area (Å²) in [5.41, 5.74) is 10.2. The minimum absolute atomic E-state index is 0.447. The van der Waals surface area contributed by atoms with Crippen molar-refractivity contribution in [1.82, 2.24) is 4.57 Å². The van der Waals surface area contributed by atoms with Gasteiger partial charge in [-0.05, 0) is 48.5 Å². The van der Waals surface area contributed by atoms with E-state index < -0.39 is 5.91 Å². The number of aromatic nitrogens is 1. The van der Waals surface area contributed by atoms with Crippen molar-refractivity contribution in [3.05, 3.63) is 121 Å².